The maximum atomic E-state index is 13.3. The zero-order valence-electron chi connectivity index (χ0n) is 19.4. The maximum Gasteiger partial charge on any atom is 0.252 e. The van der Waals surface area contributed by atoms with E-state index in [0.717, 1.165) is 23.2 Å². The Bertz CT molecular complexity index is 1150. The molecule has 3 aromatic rings. The smallest absolute Gasteiger partial charge is 0.252 e. The molecule has 0 radical (unpaired) electrons. The number of carbonyl (C=O) groups excluding carboxylic acids is 1. The molecule has 9 heteroatoms. The van der Waals surface area contributed by atoms with Crippen LogP contribution in [0.1, 0.15) is 12.0 Å². The lowest BCUT2D eigenvalue weighted by Crippen LogP contribution is -2.32. The first-order valence-electron chi connectivity index (χ1n) is 10.4. The summed E-state index contributed by atoms with van der Waals surface area (Å²) < 4.78 is 16.9. The lowest BCUT2D eigenvalue weighted by Gasteiger charge is -2.19. The first-order chi connectivity index (χ1) is 15.9. The van der Waals surface area contributed by atoms with Crippen molar-refractivity contribution in [3.63, 3.8) is 0 Å². The first-order valence-corrected chi connectivity index (χ1v) is 11.6. The van der Waals surface area contributed by atoms with Crippen molar-refractivity contribution in [3.05, 3.63) is 47.0 Å². The highest BCUT2D eigenvalue weighted by Crippen LogP contribution is 2.39. The molecular weight excluding hydrogens is 462 g/mol. The largest absolute Gasteiger partial charge is 0.494 e. The van der Waals surface area contributed by atoms with Crippen molar-refractivity contribution in [3.8, 4) is 17.2 Å². The number of carbonyl (C=O) groups is 1. The summed E-state index contributed by atoms with van der Waals surface area (Å²) in [5.74, 6) is 1.69. The van der Waals surface area contributed by atoms with Crippen molar-refractivity contribution in [2.24, 2.45) is 0 Å². The quantitative estimate of drug-likeness (QED) is 0.374. The van der Waals surface area contributed by atoms with Gasteiger partial charge in [-0.25, -0.2) is 4.98 Å². The predicted molar refractivity (Wildman–Crippen MR) is 135 cm³/mol. The Morgan fingerprint density at radius 1 is 1.03 bits per heavy atom. The van der Waals surface area contributed by atoms with E-state index >= 15 is 0 Å². The molecule has 0 atom stereocenters. The van der Waals surface area contributed by atoms with E-state index in [2.05, 4.69) is 4.90 Å². The molecule has 0 saturated carbocycles. The minimum absolute atomic E-state index is 0.169. The molecule has 1 heterocycles. The average molecular weight is 490 g/mol. The second-order valence-electron chi connectivity index (χ2n) is 7.52. The fourth-order valence-corrected chi connectivity index (χ4v) is 4.57. The number of rotatable bonds is 10. The molecule has 33 heavy (non-hydrogen) atoms. The number of benzene rings is 2. The van der Waals surface area contributed by atoms with Gasteiger partial charge < -0.3 is 19.1 Å². The number of halogens is 1. The molecule has 0 unspecified atom stereocenters. The summed E-state index contributed by atoms with van der Waals surface area (Å²) in [6, 6.07) is 9.05. The van der Waals surface area contributed by atoms with E-state index in [1.807, 2.05) is 26.2 Å². The van der Waals surface area contributed by atoms with Gasteiger partial charge in [-0.2, -0.15) is 0 Å². The fourth-order valence-electron chi connectivity index (χ4n) is 3.28. The third-order valence-corrected chi connectivity index (χ3v) is 6.52. The maximum absolute atomic E-state index is 13.3. The molecule has 0 N–H and O–H groups in total. The van der Waals surface area contributed by atoms with Crippen LogP contribution >= 0.6 is 22.9 Å². The van der Waals surface area contributed by atoms with Gasteiger partial charge in [0.1, 0.15) is 11.3 Å². The Kier molecular flexibility index (Phi) is 8.55. The SMILES string of the molecule is COc1ccc(/C=C/C(=O)N(CCCN(C)C)c2nc3c(OC)ccc(Cl)c3s2)cc1OC. The topological polar surface area (TPSA) is 64.1 Å². The third-order valence-electron chi connectivity index (χ3n) is 4.98. The lowest BCUT2D eigenvalue weighted by molar-refractivity contribution is -0.114. The highest BCUT2D eigenvalue weighted by Gasteiger charge is 2.20. The van der Waals surface area contributed by atoms with E-state index in [1.54, 1.807) is 56.6 Å². The molecule has 0 saturated heterocycles. The van der Waals surface area contributed by atoms with Gasteiger partial charge >= 0.3 is 0 Å². The average Bonchev–Trinajstić information content (AvgIpc) is 3.26. The minimum atomic E-state index is -0.169. The summed E-state index contributed by atoms with van der Waals surface area (Å²) in [6.07, 6.45) is 4.09. The van der Waals surface area contributed by atoms with Crippen LogP contribution in [-0.2, 0) is 4.79 Å². The van der Waals surface area contributed by atoms with Crippen LogP contribution in [0.5, 0.6) is 17.2 Å². The van der Waals surface area contributed by atoms with Crippen molar-refractivity contribution in [2.45, 2.75) is 6.42 Å². The fraction of sp³-hybridized carbons (Fsp3) is 0.333. The zero-order chi connectivity index (χ0) is 24.0. The van der Waals surface area contributed by atoms with E-state index in [-0.39, 0.29) is 5.91 Å². The van der Waals surface area contributed by atoms with Crippen LogP contribution in [0.3, 0.4) is 0 Å². The van der Waals surface area contributed by atoms with Crippen LogP contribution in [0.25, 0.3) is 16.3 Å². The van der Waals surface area contributed by atoms with Crippen molar-refractivity contribution in [1.82, 2.24) is 9.88 Å². The molecule has 1 aromatic heterocycles. The summed E-state index contributed by atoms with van der Waals surface area (Å²) in [4.78, 5) is 21.7. The predicted octanol–water partition coefficient (Wildman–Crippen LogP) is 4.97. The van der Waals surface area contributed by atoms with E-state index < -0.39 is 0 Å². The Hall–Kier alpha value is -2.81. The van der Waals surface area contributed by atoms with Crippen molar-refractivity contribution >= 4 is 50.3 Å². The monoisotopic (exact) mass is 489 g/mol. The number of hydrogen-bond donors (Lipinski definition) is 0. The number of fused-ring (bicyclic) bond motifs is 1. The zero-order valence-corrected chi connectivity index (χ0v) is 21.0. The summed E-state index contributed by atoms with van der Waals surface area (Å²) in [7, 11) is 8.77. The van der Waals surface area contributed by atoms with Crippen molar-refractivity contribution < 1.29 is 19.0 Å². The van der Waals surface area contributed by atoms with Crippen LogP contribution in [-0.4, -0.2) is 64.3 Å². The van der Waals surface area contributed by atoms with Gasteiger partial charge in [0.05, 0.1) is 31.1 Å². The standard InChI is InChI=1S/C24H28ClN3O4S/c1-27(2)13-6-14-28(24-26-22-19(31-4)11-9-17(25)23(22)33-24)21(29)12-8-16-7-10-18(30-3)20(15-16)32-5/h7-12,15H,6,13-14H2,1-5H3/b12-8+. The number of ether oxygens (including phenoxy) is 3. The van der Waals surface area contributed by atoms with E-state index in [1.165, 1.54) is 11.3 Å². The van der Waals surface area contributed by atoms with Crippen molar-refractivity contribution in [2.75, 3.05) is 53.4 Å². The van der Waals surface area contributed by atoms with E-state index in [9.17, 15) is 4.79 Å². The van der Waals surface area contributed by atoms with Gasteiger partial charge in [0.15, 0.2) is 16.6 Å². The van der Waals surface area contributed by atoms with Crippen LogP contribution in [0.2, 0.25) is 5.02 Å². The molecule has 0 aliphatic carbocycles. The van der Waals surface area contributed by atoms with Crippen LogP contribution < -0.4 is 19.1 Å². The Labute approximate surface area is 203 Å². The number of amides is 1. The van der Waals surface area contributed by atoms with Gasteiger partial charge in [0, 0.05) is 12.6 Å². The minimum Gasteiger partial charge on any atom is -0.494 e. The van der Waals surface area contributed by atoms with E-state index in [4.69, 9.17) is 30.8 Å². The van der Waals surface area contributed by atoms with Crippen LogP contribution in [0.15, 0.2) is 36.4 Å². The summed E-state index contributed by atoms with van der Waals surface area (Å²) in [6.45, 7) is 1.37. The first kappa shape index (κ1) is 24.8. The Balaban J connectivity index is 1.92. The van der Waals surface area contributed by atoms with E-state index in [0.29, 0.717) is 39.5 Å². The summed E-state index contributed by atoms with van der Waals surface area (Å²) in [5.41, 5.74) is 1.47. The molecule has 0 aliphatic rings. The number of methoxy groups -OCH3 is 3. The molecule has 1 amide bonds. The summed E-state index contributed by atoms with van der Waals surface area (Å²) in [5, 5.41) is 1.16. The number of thiazole rings is 1. The molecule has 0 spiro atoms. The number of aromatic nitrogens is 1. The molecule has 0 aliphatic heterocycles. The second kappa shape index (κ2) is 11.4. The Morgan fingerprint density at radius 2 is 1.73 bits per heavy atom. The molecule has 176 valence electrons. The van der Waals surface area contributed by atoms with Gasteiger partial charge in [-0.3, -0.25) is 9.69 Å². The van der Waals surface area contributed by atoms with Crippen LogP contribution in [0.4, 0.5) is 5.13 Å². The second-order valence-corrected chi connectivity index (χ2v) is 8.90. The van der Waals surface area contributed by atoms with Gasteiger partial charge in [-0.1, -0.05) is 29.0 Å². The molecule has 3 rings (SSSR count). The molecule has 2 aromatic carbocycles. The van der Waals surface area contributed by atoms with Gasteiger partial charge in [-0.05, 0) is 63.0 Å². The highest BCUT2D eigenvalue weighted by molar-refractivity contribution is 7.23. The highest BCUT2D eigenvalue weighted by atomic mass is 35.5. The third kappa shape index (κ3) is 5.96. The molecule has 7 nitrogen and oxygen atoms in total. The number of nitrogens with zero attached hydrogens (tertiary/aromatic N) is 3. The summed E-state index contributed by atoms with van der Waals surface area (Å²) >= 11 is 7.77. The molecule has 0 bridgehead atoms. The van der Waals surface area contributed by atoms with Gasteiger partial charge in [0.2, 0.25) is 0 Å². The number of anilines is 1. The normalized spacial score (nSPS) is 11.4. The van der Waals surface area contributed by atoms with Crippen molar-refractivity contribution in [1.29, 1.82) is 0 Å². The number of hydrogen-bond acceptors (Lipinski definition) is 7. The molecular formula is C24H28ClN3O4S. The van der Waals surface area contributed by atoms with Gasteiger partial charge in [-0.15, -0.1) is 0 Å². The Morgan fingerprint density at radius 3 is 2.39 bits per heavy atom. The van der Waals surface area contributed by atoms with Gasteiger partial charge in [0.25, 0.3) is 5.91 Å². The molecule has 0 fully saturated rings. The van der Waals surface area contributed by atoms with Crippen LogP contribution in [0, 0.1) is 0 Å². The lowest BCUT2D eigenvalue weighted by atomic mass is 10.2.